The minimum atomic E-state index is -1.36. The fraction of sp³-hybridized carbons (Fsp3) is 0.200. The maximum Gasteiger partial charge on any atom is 0.221 e. The largest absolute Gasteiger partial charge is 0.496 e. The van der Waals surface area contributed by atoms with Crippen molar-refractivity contribution in [1.29, 1.82) is 10.5 Å². The number of ketones is 2. The molecule has 2 rings (SSSR count). The van der Waals surface area contributed by atoms with E-state index in [9.17, 15) is 20.1 Å². The smallest absolute Gasteiger partial charge is 0.221 e. The summed E-state index contributed by atoms with van der Waals surface area (Å²) in [6.07, 6.45) is 0. The molecule has 0 bridgehead atoms. The standard InChI is InChI=1S/C20H16N2O4/c1-25-17-9-5-3-7-13(17)15(11-21)19(23)20(24)16(12-22)14-8-4-6-10-18(14)26-2/h3-10,15-16H,1-2H3. The summed E-state index contributed by atoms with van der Waals surface area (Å²) in [4.78, 5) is 25.4. The van der Waals surface area contributed by atoms with Crippen LogP contribution in [-0.4, -0.2) is 25.8 Å². The van der Waals surface area contributed by atoms with Crippen molar-refractivity contribution < 1.29 is 19.1 Å². The van der Waals surface area contributed by atoms with Crippen molar-refractivity contribution in [3.8, 4) is 23.6 Å². The molecular formula is C20H16N2O4. The quantitative estimate of drug-likeness (QED) is 0.713. The lowest BCUT2D eigenvalue weighted by Gasteiger charge is -2.15. The molecule has 2 atom stereocenters. The molecule has 2 unspecified atom stereocenters. The number of rotatable bonds is 7. The Bertz CT molecular complexity index is 833. The number of hydrogen-bond donors (Lipinski definition) is 0. The van der Waals surface area contributed by atoms with Gasteiger partial charge in [0, 0.05) is 11.1 Å². The fourth-order valence-electron chi connectivity index (χ4n) is 2.63. The zero-order valence-corrected chi connectivity index (χ0v) is 14.3. The summed E-state index contributed by atoms with van der Waals surface area (Å²) in [5, 5.41) is 18.9. The second-order valence-corrected chi connectivity index (χ2v) is 5.34. The fourth-order valence-corrected chi connectivity index (χ4v) is 2.63. The normalized spacial score (nSPS) is 12.2. The second-order valence-electron chi connectivity index (χ2n) is 5.34. The van der Waals surface area contributed by atoms with E-state index in [1.165, 1.54) is 14.2 Å². The van der Waals surface area contributed by atoms with Gasteiger partial charge in [-0.3, -0.25) is 9.59 Å². The molecule has 0 fully saturated rings. The van der Waals surface area contributed by atoms with Gasteiger partial charge in [0.2, 0.25) is 11.6 Å². The zero-order valence-electron chi connectivity index (χ0n) is 14.3. The van der Waals surface area contributed by atoms with E-state index in [2.05, 4.69) is 0 Å². The average molecular weight is 348 g/mol. The van der Waals surface area contributed by atoms with Gasteiger partial charge < -0.3 is 9.47 Å². The molecule has 2 aromatic carbocycles. The first-order chi connectivity index (χ1) is 12.6. The number of carbonyl (C=O) groups excluding carboxylic acids is 2. The summed E-state index contributed by atoms with van der Waals surface area (Å²) < 4.78 is 10.3. The summed E-state index contributed by atoms with van der Waals surface area (Å²) in [5.41, 5.74) is 0.570. The van der Waals surface area contributed by atoms with Gasteiger partial charge in [-0.25, -0.2) is 0 Å². The van der Waals surface area contributed by atoms with Crippen molar-refractivity contribution in [3.63, 3.8) is 0 Å². The highest BCUT2D eigenvalue weighted by Gasteiger charge is 2.35. The highest BCUT2D eigenvalue weighted by atomic mass is 16.5. The Morgan fingerprint density at radius 3 is 1.42 bits per heavy atom. The Morgan fingerprint density at radius 1 is 0.769 bits per heavy atom. The van der Waals surface area contributed by atoms with E-state index < -0.39 is 23.4 Å². The van der Waals surface area contributed by atoms with E-state index in [0.717, 1.165) is 0 Å². The van der Waals surface area contributed by atoms with Crippen molar-refractivity contribution in [1.82, 2.24) is 0 Å². The van der Waals surface area contributed by atoms with Crippen molar-refractivity contribution in [2.45, 2.75) is 11.8 Å². The van der Waals surface area contributed by atoms with Crippen molar-refractivity contribution in [2.75, 3.05) is 14.2 Å². The number of ether oxygens (including phenoxy) is 2. The predicted molar refractivity (Wildman–Crippen MR) is 92.7 cm³/mol. The van der Waals surface area contributed by atoms with Crippen molar-refractivity contribution in [3.05, 3.63) is 59.7 Å². The van der Waals surface area contributed by atoms with E-state index in [0.29, 0.717) is 11.5 Å². The molecule has 2 aromatic rings. The highest BCUT2D eigenvalue weighted by molar-refractivity contribution is 6.42. The van der Waals surface area contributed by atoms with Crippen LogP contribution in [0.1, 0.15) is 23.0 Å². The molecule has 0 saturated heterocycles. The molecule has 6 nitrogen and oxygen atoms in total. The monoisotopic (exact) mass is 348 g/mol. The van der Waals surface area contributed by atoms with Crippen LogP contribution in [0.5, 0.6) is 11.5 Å². The third kappa shape index (κ3) is 3.55. The van der Waals surface area contributed by atoms with Gasteiger partial charge in [-0.05, 0) is 12.1 Å². The van der Waals surface area contributed by atoms with Gasteiger partial charge in [0.05, 0.1) is 26.4 Å². The van der Waals surface area contributed by atoms with E-state index in [4.69, 9.17) is 9.47 Å². The molecule has 0 aliphatic heterocycles. The Balaban J connectivity index is 2.42. The molecule has 6 heteroatoms. The van der Waals surface area contributed by atoms with Gasteiger partial charge in [0.15, 0.2) is 0 Å². The molecule has 0 spiro atoms. The molecule has 0 amide bonds. The average Bonchev–Trinajstić information content (AvgIpc) is 2.69. The summed E-state index contributed by atoms with van der Waals surface area (Å²) in [5.74, 6) is -3.99. The Hall–Kier alpha value is -3.64. The molecule has 0 N–H and O–H groups in total. The molecule has 0 radical (unpaired) electrons. The van der Waals surface area contributed by atoms with Crippen LogP contribution in [0.15, 0.2) is 48.5 Å². The lowest BCUT2D eigenvalue weighted by Crippen LogP contribution is -2.27. The first kappa shape index (κ1) is 18.7. The molecular weight excluding hydrogens is 332 g/mol. The Labute approximate surface area is 151 Å². The van der Waals surface area contributed by atoms with Crippen LogP contribution >= 0.6 is 0 Å². The number of nitriles is 2. The SMILES string of the molecule is COc1ccccc1C(C#N)C(=O)C(=O)C(C#N)c1ccccc1OC. The summed E-state index contributed by atoms with van der Waals surface area (Å²) in [7, 11) is 2.82. The van der Waals surface area contributed by atoms with Gasteiger partial charge in [-0.2, -0.15) is 10.5 Å². The first-order valence-corrected chi connectivity index (χ1v) is 7.72. The van der Waals surface area contributed by atoms with Crippen LogP contribution in [0.25, 0.3) is 0 Å². The number of benzene rings is 2. The maximum atomic E-state index is 12.7. The number of carbonyl (C=O) groups is 2. The molecule has 0 heterocycles. The molecule has 0 aliphatic rings. The van der Waals surface area contributed by atoms with E-state index in [1.54, 1.807) is 48.5 Å². The van der Waals surface area contributed by atoms with Crippen LogP contribution in [0.2, 0.25) is 0 Å². The third-order valence-electron chi connectivity index (χ3n) is 3.93. The first-order valence-electron chi connectivity index (χ1n) is 7.72. The Morgan fingerprint density at radius 2 is 1.12 bits per heavy atom. The lowest BCUT2D eigenvalue weighted by atomic mass is 9.86. The topological polar surface area (TPSA) is 100 Å². The van der Waals surface area contributed by atoms with Gasteiger partial charge in [-0.1, -0.05) is 36.4 Å². The second kappa shape index (κ2) is 8.46. The van der Waals surface area contributed by atoms with E-state index in [-0.39, 0.29) is 11.1 Å². The number of para-hydroxylation sites is 2. The number of nitrogens with zero attached hydrogens (tertiary/aromatic N) is 2. The van der Waals surface area contributed by atoms with E-state index >= 15 is 0 Å². The van der Waals surface area contributed by atoms with Crippen LogP contribution in [-0.2, 0) is 9.59 Å². The van der Waals surface area contributed by atoms with Crippen molar-refractivity contribution in [2.24, 2.45) is 0 Å². The van der Waals surface area contributed by atoms with Gasteiger partial charge in [0.1, 0.15) is 23.3 Å². The summed E-state index contributed by atoms with van der Waals surface area (Å²) in [6, 6.07) is 16.6. The zero-order chi connectivity index (χ0) is 19.1. The number of Topliss-reactive ketones (excluding diaryl/α,β-unsaturated/α-hetero) is 2. The maximum absolute atomic E-state index is 12.7. The Kier molecular flexibility index (Phi) is 6.08. The molecule has 0 aromatic heterocycles. The van der Waals surface area contributed by atoms with Crippen molar-refractivity contribution >= 4 is 11.6 Å². The molecule has 0 saturated carbocycles. The third-order valence-corrected chi connectivity index (χ3v) is 3.93. The number of hydrogen-bond acceptors (Lipinski definition) is 6. The summed E-state index contributed by atoms with van der Waals surface area (Å²) in [6.45, 7) is 0. The predicted octanol–water partition coefficient (Wildman–Crippen LogP) is 2.76. The number of methoxy groups -OCH3 is 2. The van der Waals surface area contributed by atoms with Crippen LogP contribution in [0.4, 0.5) is 0 Å². The van der Waals surface area contributed by atoms with Crippen LogP contribution in [0.3, 0.4) is 0 Å². The molecule has 130 valence electrons. The molecule has 0 aliphatic carbocycles. The van der Waals surface area contributed by atoms with Gasteiger partial charge >= 0.3 is 0 Å². The lowest BCUT2D eigenvalue weighted by molar-refractivity contribution is -0.137. The highest BCUT2D eigenvalue weighted by Crippen LogP contribution is 2.31. The minimum Gasteiger partial charge on any atom is -0.496 e. The minimum absolute atomic E-state index is 0.285. The van der Waals surface area contributed by atoms with E-state index in [1.807, 2.05) is 12.1 Å². The summed E-state index contributed by atoms with van der Waals surface area (Å²) >= 11 is 0. The molecule has 26 heavy (non-hydrogen) atoms. The van der Waals surface area contributed by atoms with Crippen LogP contribution < -0.4 is 9.47 Å². The van der Waals surface area contributed by atoms with Gasteiger partial charge in [-0.15, -0.1) is 0 Å². The van der Waals surface area contributed by atoms with Gasteiger partial charge in [0.25, 0.3) is 0 Å². The van der Waals surface area contributed by atoms with Crippen LogP contribution in [0, 0.1) is 22.7 Å².